The third-order valence-electron chi connectivity index (χ3n) is 3.30. The predicted molar refractivity (Wildman–Crippen MR) is 91.6 cm³/mol. The molecular weight excluding hydrogens is 334 g/mol. The van der Waals surface area contributed by atoms with Crippen LogP contribution in [0.2, 0.25) is 5.02 Å². The van der Waals surface area contributed by atoms with Crippen molar-refractivity contribution in [3.63, 3.8) is 0 Å². The van der Waals surface area contributed by atoms with Gasteiger partial charge in [0.25, 0.3) is 0 Å². The van der Waals surface area contributed by atoms with Gasteiger partial charge in [0.15, 0.2) is 0 Å². The van der Waals surface area contributed by atoms with Crippen LogP contribution in [0, 0.1) is 0 Å². The monoisotopic (exact) mass is 353 g/mol. The molecule has 0 fully saturated rings. The summed E-state index contributed by atoms with van der Waals surface area (Å²) < 4.78 is 1.70. The Hall–Kier alpha value is -1.60. The zero-order valence-corrected chi connectivity index (χ0v) is 14.9. The number of nitrogens with zero attached hydrogens (tertiary/aromatic N) is 4. The largest absolute Gasteiger partial charge is 0.349 e. The number of benzene rings is 1. The minimum absolute atomic E-state index is 0.0264. The standard InChI is InChI=1S/C15H20ClN5OS/c1-4-13(11-5-7-12(16)8-6-11)17-14(22)9-23-15-18-19-20-21(15)10(2)3/h5-8,10,13H,4,9H2,1-3H3,(H,17,22). The molecule has 2 rings (SSSR count). The topological polar surface area (TPSA) is 72.7 Å². The second-order valence-electron chi connectivity index (χ2n) is 5.37. The summed E-state index contributed by atoms with van der Waals surface area (Å²) in [6.07, 6.45) is 0.807. The number of hydrogen-bond acceptors (Lipinski definition) is 5. The summed E-state index contributed by atoms with van der Waals surface area (Å²) in [6.45, 7) is 6.02. The van der Waals surface area contributed by atoms with Crippen LogP contribution in [0.5, 0.6) is 0 Å². The van der Waals surface area contributed by atoms with Gasteiger partial charge in [0.2, 0.25) is 11.1 Å². The van der Waals surface area contributed by atoms with Crippen LogP contribution < -0.4 is 5.32 Å². The van der Waals surface area contributed by atoms with Crippen molar-refractivity contribution in [1.82, 2.24) is 25.5 Å². The van der Waals surface area contributed by atoms with Crippen molar-refractivity contribution in [1.29, 1.82) is 0 Å². The number of rotatable bonds is 7. The highest BCUT2D eigenvalue weighted by atomic mass is 35.5. The Kier molecular flexibility index (Phi) is 6.41. The fourth-order valence-electron chi connectivity index (χ4n) is 2.09. The second kappa shape index (κ2) is 8.31. The number of carbonyl (C=O) groups excluding carboxylic acids is 1. The first-order valence-corrected chi connectivity index (χ1v) is 8.83. The van der Waals surface area contributed by atoms with Crippen molar-refractivity contribution in [3.8, 4) is 0 Å². The van der Waals surface area contributed by atoms with Crippen molar-refractivity contribution < 1.29 is 4.79 Å². The van der Waals surface area contributed by atoms with Gasteiger partial charge in [-0.1, -0.05) is 42.4 Å². The van der Waals surface area contributed by atoms with Crippen molar-refractivity contribution >= 4 is 29.3 Å². The zero-order chi connectivity index (χ0) is 16.8. The van der Waals surface area contributed by atoms with Gasteiger partial charge in [0, 0.05) is 5.02 Å². The van der Waals surface area contributed by atoms with Crippen molar-refractivity contribution in [2.45, 2.75) is 44.4 Å². The summed E-state index contributed by atoms with van der Waals surface area (Å²) in [4.78, 5) is 12.2. The average molecular weight is 354 g/mol. The highest BCUT2D eigenvalue weighted by molar-refractivity contribution is 7.99. The van der Waals surface area contributed by atoms with E-state index in [0.29, 0.717) is 10.2 Å². The van der Waals surface area contributed by atoms with E-state index >= 15 is 0 Å². The van der Waals surface area contributed by atoms with Gasteiger partial charge < -0.3 is 5.32 Å². The Morgan fingerprint density at radius 3 is 2.65 bits per heavy atom. The summed E-state index contributed by atoms with van der Waals surface area (Å²) in [6, 6.07) is 7.66. The van der Waals surface area contributed by atoms with Crippen LogP contribution in [0.4, 0.5) is 0 Å². The van der Waals surface area contributed by atoms with E-state index in [1.807, 2.05) is 45.0 Å². The number of carbonyl (C=O) groups is 1. The molecular formula is C15H20ClN5OS. The third-order valence-corrected chi connectivity index (χ3v) is 4.49. The third kappa shape index (κ3) is 4.94. The fraction of sp³-hybridized carbons (Fsp3) is 0.467. The molecule has 6 nitrogen and oxygen atoms in total. The smallest absolute Gasteiger partial charge is 0.230 e. The van der Waals surface area contributed by atoms with Gasteiger partial charge in [0.1, 0.15) is 0 Å². The molecule has 8 heteroatoms. The van der Waals surface area contributed by atoms with E-state index in [1.54, 1.807) is 4.68 Å². The molecule has 0 aliphatic rings. The van der Waals surface area contributed by atoms with Gasteiger partial charge in [-0.25, -0.2) is 4.68 Å². The summed E-state index contributed by atoms with van der Waals surface area (Å²) in [5.74, 6) is 0.229. The molecule has 0 saturated carbocycles. The Morgan fingerprint density at radius 1 is 1.35 bits per heavy atom. The maximum absolute atomic E-state index is 12.2. The molecule has 1 aromatic heterocycles. The van der Waals surface area contributed by atoms with E-state index in [-0.39, 0.29) is 23.7 Å². The first-order chi connectivity index (χ1) is 11.0. The Morgan fingerprint density at radius 2 is 2.04 bits per heavy atom. The van der Waals surface area contributed by atoms with E-state index in [2.05, 4.69) is 20.8 Å². The highest BCUT2D eigenvalue weighted by Gasteiger charge is 2.15. The molecule has 1 unspecified atom stereocenters. The molecule has 0 bridgehead atoms. The summed E-state index contributed by atoms with van der Waals surface area (Å²) in [7, 11) is 0. The first-order valence-electron chi connectivity index (χ1n) is 7.46. The molecule has 124 valence electrons. The highest BCUT2D eigenvalue weighted by Crippen LogP contribution is 2.21. The Labute approximate surface area is 145 Å². The number of hydrogen-bond donors (Lipinski definition) is 1. The van der Waals surface area contributed by atoms with Crippen LogP contribution in [-0.2, 0) is 4.79 Å². The van der Waals surface area contributed by atoms with Gasteiger partial charge in [0.05, 0.1) is 17.8 Å². The number of aromatic nitrogens is 4. The number of amides is 1. The minimum Gasteiger partial charge on any atom is -0.349 e. The minimum atomic E-state index is -0.0462. The number of thioether (sulfide) groups is 1. The van der Waals surface area contributed by atoms with Crippen molar-refractivity contribution in [2.75, 3.05) is 5.75 Å². The normalized spacial score (nSPS) is 12.4. The molecule has 23 heavy (non-hydrogen) atoms. The second-order valence-corrected chi connectivity index (χ2v) is 6.75. The quantitative estimate of drug-likeness (QED) is 0.773. The fourth-order valence-corrected chi connectivity index (χ4v) is 3.03. The Bertz CT molecular complexity index is 644. The molecule has 0 radical (unpaired) electrons. The zero-order valence-electron chi connectivity index (χ0n) is 13.4. The molecule has 0 saturated heterocycles. The lowest BCUT2D eigenvalue weighted by Gasteiger charge is -2.17. The van der Waals surface area contributed by atoms with E-state index < -0.39 is 0 Å². The van der Waals surface area contributed by atoms with Crippen LogP contribution in [0.3, 0.4) is 0 Å². The molecule has 0 aliphatic heterocycles. The van der Waals surface area contributed by atoms with E-state index in [1.165, 1.54) is 11.8 Å². The van der Waals surface area contributed by atoms with Gasteiger partial charge in [-0.3, -0.25) is 4.79 Å². The van der Waals surface area contributed by atoms with Crippen molar-refractivity contribution in [3.05, 3.63) is 34.9 Å². The van der Waals surface area contributed by atoms with Crippen LogP contribution in [0.1, 0.15) is 44.8 Å². The van der Waals surface area contributed by atoms with E-state index in [4.69, 9.17) is 11.6 Å². The molecule has 1 N–H and O–H groups in total. The van der Waals surface area contributed by atoms with Gasteiger partial charge in [-0.2, -0.15) is 0 Å². The van der Waals surface area contributed by atoms with E-state index in [9.17, 15) is 4.79 Å². The average Bonchev–Trinajstić information content (AvgIpc) is 3.00. The molecule has 0 spiro atoms. The molecule has 1 amide bonds. The lowest BCUT2D eigenvalue weighted by Crippen LogP contribution is -2.29. The number of tetrazole rings is 1. The maximum Gasteiger partial charge on any atom is 0.230 e. The molecule has 2 aromatic rings. The maximum atomic E-state index is 12.2. The van der Waals surface area contributed by atoms with E-state index in [0.717, 1.165) is 12.0 Å². The number of halogens is 1. The summed E-state index contributed by atoms with van der Waals surface area (Å²) >= 11 is 7.23. The number of nitrogens with one attached hydrogen (secondary N) is 1. The lowest BCUT2D eigenvalue weighted by atomic mass is 10.0. The Balaban J connectivity index is 1.92. The molecule has 1 aromatic carbocycles. The lowest BCUT2D eigenvalue weighted by molar-refractivity contribution is -0.119. The summed E-state index contributed by atoms with van der Waals surface area (Å²) in [5.41, 5.74) is 1.04. The van der Waals surface area contributed by atoms with Gasteiger partial charge >= 0.3 is 0 Å². The van der Waals surface area contributed by atoms with Crippen LogP contribution in [0.25, 0.3) is 0 Å². The van der Waals surface area contributed by atoms with Crippen molar-refractivity contribution in [2.24, 2.45) is 0 Å². The van der Waals surface area contributed by atoms with Crippen LogP contribution >= 0.6 is 23.4 Å². The SMILES string of the molecule is CCC(NC(=O)CSc1nnnn1C(C)C)c1ccc(Cl)cc1. The van der Waals surface area contributed by atoms with Gasteiger partial charge in [-0.15, -0.1) is 5.10 Å². The first kappa shape index (κ1) is 17.7. The molecule has 1 atom stereocenters. The predicted octanol–water partition coefficient (Wildman–Crippen LogP) is 3.27. The molecule has 0 aliphatic carbocycles. The van der Waals surface area contributed by atoms with Crippen LogP contribution in [-0.4, -0.2) is 31.9 Å². The summed E-state index contributed by atoms with van der Waals surface area (Å²) in [5, 5.41) is 15.9. The van der Waals surface area contributed by atoms with Gasteiger partial charge in [-0.05, 0) is 48.4 Å². The van der Waals surface area contributed by atoms with Crippen LogP contribution in [0.15, 0.2) is 29.4 Å². The molecule has 1 heterocycles.